The van der Waals surface area contributed by atoms with Gasteiger partial charge >= 0.3 is 5.97 Å². The molecule has 0 amide bonds. The highest BCUT2D eigenvalue weighted by atomic mass is 16.5. The molecule has 0 aliphatic carbocycles. The first kappa shape index (κ1) is 8.84. The molecule has 0 fully saturated rings. The maximum Gasteiger partial charge on any atom is 0.374 e. The Labute approximate surface area is 71.3 Å². The van der Waals surface area contributed by atoms with Crippen molar-refractivity contribution in [2.45, 2.75) is 19.8 Å². The standard InChI is InChI=1S/C9H11O3/c1-2-3-6-12-9(10)8-5-4-7-11-8/h4-5H,2-3,6H2,1H3. The number of furan rings is 1. The molecular weight excluding hydrogens is 156 g/mol. The molecule has 0 spiro atoms. The van der Waals surface area contributed by atoms with E-state index in [-0.39, 0.29) is 5.76 Å². The Morgan fingerprint density at radius 3 is 3.17 bits per heavy atom. The summed E-state index contributed by atoms with van der Waals surface area (Å²) in [6.07, 6.45) is 4.32. The van der Waals surface area contributed by atoms with E-state index in [0.29, 0.717) is 6.61 Å². The number of hydrogen-bond donors (Lipinski definition) is 0. The summed E-state index contributed by atoms with van der Waals surface area (Å²) >= 11 is 0. The van der Waals surface area contributed by atoms with Gasteiger partial charge in [-0.3, -0.25) is 0 Å². The molecule has 0 unspecified atom stereocenters. The lowest BCUT2D eigenvalue weighted by atomic mass is 10.4. The fourth-order valence-electron chi connectivity index (χ4n) is 0.731. The summed E-state index contributed by atoms with van der Waals surface area (Å²) < 4.78 is 9.60. The highest BCUT2D eigenvalue weighted by Gasteiger charge is 2.08. The smallest absolute Gasteiger partial charge is 0.374 e. The molecule has 0 aromatic carbocycles. The van der Waals surface area contributed by atoms with Gasteiger partial charge in [-0.2, -0.15) is 0 Å². The summed E-state index contributed by atoms with van der Waals surface area (Å²) in [5, 5.41) is 0. The van der Waals surface area contributed by atoms with Crippen molar-refractivity contribution < 1.29 is 13.9 Å². The topological polar surface area (TPSA) is 39.4 Å². The molecule has 65 valence electrons. The minimum absolute atomic E-state index is 0.214. The third-order valence-corrected chi connectivity index (χ3v) is 1.40. The monoisotopic (exact) mass is 167 g/mol. The number of esters is 1. The van der Waals surface area contributed by atoms with E-state index < -0.39 is 5.97 Å². The van der Waals surface area contributed by atoms with Crippen molar-refractivity contribution in [3.8, 4) is 0 Å². The van der Waals surface area contributed by atoms with Crippen LogP contribution in [-0.2, 0) is 4.74 Å². The van der Waals surface area contributed by atoms with Crippen LogP contribution in [0.3, 0.4) is 0 Å². The van der Waals surface area contributed by atoms with E-state index in [1.807, 2.05) is 6.92 Å². The van der Waals surface area contributed by atoms with Crippen molar-refractivity contribution >= 4 is 5.97 Å². The molecule has 0 saturated heterocycles. The first-order valence-electron chi connectivity index (χ1n) is 3.97. The van der Waals surface area contributed by atoms with Crippen molar-refractivity contribution in [3.05, 3.63) is 24.2 Å². The first-order valence-corrected chi connectivity index (χ1v) is 3.97. The van der Waals surface area contributed by atoms with Crippen molar-refractivity contribution in [2.24, 2.45) is 0 Å². The van der Waals surface area contributed by atoms with E-state index in [1.165, 1.54) is 12.1 Å². The second kappa shape index (κ2) is 4.59. The lowest BCUT2D eigenvalue weighted by molar-refractivity contribution is 0.0463. The number of hydrogen-bond acceptors (Lipinski definition) is 3. The van der Waals surface area contributed by atoms with Crippen molar-refractivity contribution in [1.82, 2.24) is 0 Å². The first-order chi connectivity index (χ1) is 5.84. The summed E-state index contributed by atoms with van der Waals surface area (Å²) in [6, 6.07) is 3.07. The van der Waals surface area contributed by atoms with Gasteiger partial charge in [0.1, 0.15) is 0 Å². The van der Waals surface area contributed by atoms with Crippen LogP contribution in [0.2, 0.25) is 0 Å². The van der Waals surface area contributed by atoms with Crippen molar-refractivity contribution in [3.63, 3.8) is 0 Å². The van der Waals surface area contributed by atoms with Crippen LogP contribution in [0, 0.1) is 6.26 Å². The predicted molar refractivity (Wildman–Crippen MR) is 42.7 cm³/mol. The lowest BCUT2D eigenvalue weighted by Crippen LogP contribution is -2.04. The van der Waals surface area contributed by atoms with Gasteiger partial charge in [-0.15, -0.1) is 0 Å². The molecule has 0 aliphatic heterocycles. The average Bonchev–Trinajstić information content (AvgIpc) is 2.56. The van der Waals surface area contributed by atoms with Gasteiger partial charge in [0.25, 0.3) is 0 Å². The SMILES string of the molecule is CCCCOC(=O)c1cc[c]o1. The van der Waals surface area contributed by atoms with Gasteiger partial charge in [0.05, 0.1) is 6.61 Å². The Balaban J connectivity index is 2.30. The molecule has 1 rings (SSSR count). The lowest BCUT2D eigenvalue weighted by Gasteiger charge is -1.99. The second-order valence-corrected chi connectivity index (χ2v) is 2.41. The van der Waals surface area contributed by atoms with E-state index in [0.717, 1.165) is 12.8 Å². The average molecular weight is 167 g/mol. The van der Waals surface area contributed by atoms with E-state index in [1.54, 1.807) is 0 Å². The summed E-state index contributed by atoms with van der Waals surface area (Å²) in [4.78, 5) is 11.0. The number of carbonyl (C=O) groups is 1. The molecule has 0 bridgehead atoms. The van der Waals surface area contributed by atoms with Gasteiger partial charge in [0, 0.05) is 0 Å². The third-order valence-electron chi connectivity index (χ3n) is 1.40. The molecule has 0 N–H and O–H groups in total. The molecule has 12 heavy (non-hydrogen) atoms. The van der Waals surface area contributed by atoms with Crippen LogP contribution in [0.5, 0.6) is 0 Å². The highest BCUT2D eigenvalue weighted by Crippen LogP contribution is 2.02. The Kier molecular flexibility index (Phi) is 3.38. The summed E-state index contributed by atoms with van der Waals surface area (Å²) in [5.41, 5.74) is 0. The normalized spacial score (nSPS) is 9.75. The molecular formula is C9H11O3. The maximum atomic E-state index is 11.0. The van der Waals surface area contributed by atoms with E-state index in [9.17, 15) is 4.79 Å². The van der Waals surface area contributed by atoms with E-state index in [4.69, 9.17) is 9.15 Å². The van der Waals surface area contributed by atoms with Crippen LogP contribution in [0.4, 0.5) is 0 Å². The van der Waals surface area contributed by atoms with E-state index in [2.05, 4.69) is 6.26 Å². The Hall–Kier alpha value is -1.25. The highest BCUT2D eigenvalue weighted by molar-refractivity contribution is 5.86. The molecule has 1 aromatic rings. The Morgan fingerprint density at radius 2 is 2.58 bits per heavy atom. The molecule has 1 aromatic heterocycles. The fraction of sp³-hybridized carbons (Fsp3) is 0.444. The Bertz CT molecular complexity index is 226. The summed E-state index contributed by atoms with van der Waals surface area (Å²) in [7, 11) is 0. The van der Waals surface area contributed by atoms with Gasteiger partial charge in [-0.05, 0) is 18.6 Å². The van der Waals surface area contributed by atoms with Crippen LogP contribution in [0.25, 0.3) is 0 Å². The molecule has 1 radical (unpaired) electrons. The van der Waals surface area contributed by atoms with E-state index >= 15 is 0 Å². The van der Waals surface area contributed by atoms with Gasteiger partial charge in [0.15, 0.2) is 6.26 Å². The number of unbranched alkanes of at least 4 members (excludes halogenated alkanes) is 1. The van der Waals surface area contributed by atoms with Gasteiger partial charge < -0.3 is 9.15 Å². The molecule has 0 atom stereocenters. The van der Waals surface area contributed by atoms with Gasteiger partial charge in [0.2, 0.25) is 5.76 Å². The zero-order chi connectivity index (χ0) is 8.81. The number of carbonyl (C=O) groups excluding carboxylic acids is 1. The molecule has 1 heterocycles. The summed E-state index contributed by atoms with van der Waals surface area (Å²) in [6.45, 7) is 2.49. The zero-order valence-corrected chi connectivity index (χ0v) is 7.00. The van der Waals surface area contributed by atoms with Crippen LogP contribution in [-0.4, -0.2) is 12.6 Å². The van der Waals surface area contributed by atoms with Crippen LogP contribution >= 0.6 is 0 Å². The number of rotatable bonds is 4. The third kappa shape index (κ3) is 2.42. The van der Waals surface area contributed by atoms with Crippen LogP contribution in [0.15, 0.2) is 16.5 Å². The molecule has 3 heteroatoms. The second-order valence-electron chi connectivity index (χ2n) is 2.41. The minimum Gasteiger partial charge on any atom is -0.460 e. The zero-order valence-electron chi connectivity index (χ0n) is 7.00. The number of ether oxygens (including phenoxy) is 1. The van der Waals surface area contributed by atoms with Gasteiger partial charge in [-0.1, -0.05) is 13.3 Å². The van der Waals surface area contributed by atoms with Crippen molar-refractivity contribution in [1.29, 1.82) is 0 Å². The largest absolute Gasteiger partial charge is 0.460 e. The fourth-order valence-corrected chi connectivity index (χ4v) is 0.731. The minimum atomic E-state index is -0.412. The maximum absolute atomic E-state index is 11.0. The summed E-state index contributed by atoms with van der Waals surface area (Å²) in [5.74, 6) is -0.198. The predicted octanol–water partition coefficient (Wildman–Crippen LogP) is 2.04. The molecule has 0 saturated carbocycles. The Morgan fingerprint density at radius 1 is 1.75 bits per heavy atom. The van der Waals surface area contributed by atoms with Gasteiger partial charge in [-0.25, -0.2) is 4.79 Å². The molecule has 0 aliphatic rings. The van der Waals surface area contributed by atoms with Crippen LogP contribution in [0.1, 0.15) is 30.3 Å². The quantitative estimate of drug-likeness (QED) is 0.508. The van der Waals surface area contributed by atoms with Crippen molar-refractivity contribution in [2.75, 3.05) is 6.61 Å². The molecule has 3 nitrogen and oxygen atoms in total. The van der Waals surface area contributed by atoms with Crippen LogP contribution < -0.4 is 0 Å².